The Morgan fingerprint density at radius 2 is 2.70 bits per heavy atom. The number of fused-ring (bicyclic) bond motifs is 1. The van der Waals surface area contributed by atoms with Crippen LogP contribution in [-0.2, 0) is 4.79 Å². The molecule has 1 aliphatic rings. The molecule has 0 aliphatic carbocycles. The van der Waals surface area contributed by atoms with Crippen molar-refractivity contribution >= 4 is 22.8 Å². The summed E-state index contributed by atoms with van der Waals surface area (Å²) in [4.78, 5) is 24.7. The molecular weight excluding hydrogens is 292 g/mol. The second-order valence-electron chi connectivity index (χ2n) is 4.34. The third-order valence-corrected chi connectivity index (χ3v) is 2.93. The summed E-state index contributed by atoms with van der Waals surface area (Å²) < 4.78 is 125. The lowest BCUT2D eigenvalue weighted by atomic mass is 9.92. The number of hydrogen-bond donors (Lipinski definition) is 1. The summed E-state index contributed by atoms with van der Waals surface area (Å²) in [5, 5.41) is -0.291. The van der Waals surface area contributed by atoms with Crippen LogP contribution in [0.15, 0.2) is 18.6 Å². The Balaban J connectivity index is 2.63. The number of hydrogen-bond acceptors (Lipinski definition) is 4. The SMILES string of the molecule is [2H]c1nc(N(C([2H])([2H])[2H])[C@@]2([2H])C([2H])([2H])N(C(=O)C[N+]#[C-])C([2H])([2H])C([2H])([2H])[C@@]2([2H])C([2H])([2H])[2H])c2cc[nH]c2n1. The molecule has 120 valence electrons. The van der Waals surface area contributed by atoms with Gasteiger partial charge in [-0.1, -0.05) is 6.85 Å². The van der Waals surface area contributed by atoms with Crippen molar-refractivity contribution in [2.45, 2.75) is 19.2 Å². The number of aromatic nitrogens is 3. The zero-order chi connectivity index (χ0) is 29.5. The maximum atomic E-state index is 12.9. The predicted molar refractivity (Wildman–Crippen MR) is 87.9 cm³/mol. The fraction of sp³-hybridized carbons (Fsp3) is 0.500. The van der Waals surface area contributed by atoms with Crippen LogP contribution in [0, 0.1) is 12.5 Å². The van der Waals surface area contributed by atoms with Crippen molar-refractivity contribution in [3.8, 4) is 0 Å². The predicted octanol–water partition coefficient (Wildman–Crippen LogP) is 1.55. The number of amides is 1. The average molecular weight is 327 g/mol. The van der Waals surface area contributed by atoms with Crippen molar-refractivity contribution < 1.29 is 25.4 Å². The third kappa shape index (κ3) is 2.84. The first-order valence-corrected chi connectivity index (χ1v) is 6.24. The van der Waals surface area contributed by atoms with Crippen LogP contribution >= 0.6 is 0 Å². The van der Waals surface area contributed by atoms with Crippen molar-refractivity contribution in [1.82, 2.24) is 19.9 Å². The number of likely N-dealkylation sites (N-methyl/N-ethyl adjacent to an activating group) is 1. The topological polar surface area (TPSA) is 69.5 Å². The van der Waals surface area contributed by atoms with E-state index in [0.717, 1.165) is 6.07 Å². The van der Waals surface area contributed by atoms with Crippen LogP contribution in [0.3, 0.4) is 0 Å². The number of H-pyrrole nitrogens is 1. The lowest BCUT2D eigenvalue weighted by molar-refractivity contribution is -0.130. The highest BCUT2D eigenvalue weighted by molar-refractivity contribution is 5.87. The van der Waals surface area contributed by atoms with E-state index in [1.54, 1.807) is 0 Å². The van der Waals surface area contributed by atoms with Gasteiger partial charge in [-0.2, -0.15) is 0 Å². The van der Waals surface area contributed by atoms with E-state index in [4.69, 9.17) is 25.8 Å². The zero-order valence-corrected chi connectivity index (χ0v) is 11.5. The normalized spacial score (nSPS) is 44.8. The molecule has 1 N–H and O–H groups in total. The molecule has 1 amide bonds. The van der Waals surface area contributed by atoms with E-state index in [2.05, 4.69) is 19.8 Å². The lowest BCUT2D eigenvalue weighted by Gasteiger charge is -2.41. The van der Waals surface area contributed by atoms with Crippen molar-refractivity contribution in [2.75, 3.05) is 31.4 Å². The van der Waals surface area contributed by atoms with Crippen molar-refractivity contribution in [3.05, 3.63) is 30.0 Å². The number of aromatic amines is 1. The molecule has 0 unspecified atom stereocenters. The number of carbonyl (C=O) groups is 1. The molecule has 0 spiro atoms. The van der Waals surface area contributed by atoms with Crippen LogP contribution < -0.4 is 4.90 Å². The van der Waals surface area contributed by atoms with E-state index in [1.807, 2.05) is 0 Å². The average Bonchev–Trinajstić information content (AvgIpc) is 3.18. The Bertz CT molecular complexity index is 1310. The Morgan fingerprint density at radius 3 is 3.48 bits per heavy atom. The molecule has 3 rings (SSSR count). The summed E-state index contributed by atoms with van der Waals surface area (Å²) in [6, 6.07) is -3.09. The van der Waals surface area contributed by atoms with Gasteiger partial charge in [-0.05, 0) is 18.3 Å². The van der Waals surface area contributed by atoms with E-state index < -0.39 is 74.6 Å². The van der Waals surface area contributed by atoms with Crippen molar-refractivity contribution in [1.29, 1.82) is 0 Å². The summed E-state index contributed by atoms with van der Waals surface area (Å²) in [5.41, 5.74) is -0.210. The molecule has 0 saturated carbocycles. The number of carbonyl (C=O) groups excluding carboxylic acids is 1. The van der Waals surface area contributed by atoms with Gasteiger partial charge in [-0.15, -0.1) is 0 Å². The number of anilines is 1. The molecule has 0 bridgehead atoms. The van der Waals surface area contributed by atoms with Gasteiger partial charge in [0.1, 0.15) is 19.1 Å². The van der Waals surface area contributed by atoms with Crippen LogP contribution in [0.5, 0.6) is 0 Å². The number of rotatable bonds is 3. The smallest absolute Gasteiger partial charge is 0.302 e. The minimum Gasteiger partial charge on any atom is -0.354 e. The van der Waals surface area contributed by atoms with E-state index >= 15 is 0 Å². The summed E-state index contributed by atoms with van der Waals surface area (Å²) in [6.45, 7) is -10.4. The highest BCUT2D eigenvalue weighted by atomic mass is 16.2. The second kappa shape index (κ2) is 6.24. The third-order valence-electron chi connectivity index (χ3n) is 2.93. The maximum absolute atomic E-state index is 12.9. The summed E-state index contributed by atoms with van der Waals surface area (Å²) in [7, 11) is 0. The van der Waals surface area contributed by atoms with Crippen LogP contribution in [0.4, 0.5) is 5.82 Å². The monoisotopic (exact) mass is 327 g/mol. The van der Waals surface area contributed by atoms with E-state index in [9.17, 15) is 6.17 Å². The first-order valence-electron chi connectivity index (χ1n) is 13.7. The number of nitrogens with zero attached hydrogens (tertiary/aromatic N) is 5. The second-order valence-corrected chi connectivity index (χ2v) is 4.34. The van der Waals surface area contributed by atoms with Crippen molar-refractivity contribution in [2.24, 2.45) is 5.89 Å². The molecule has 7 heteroatoms. The van der Waals surface area contributed by atoms with Gasteiger partial charge in [0.05, 0.1) is 15.5 Å². The standard InChI is InChI=1S/C16H20N6O/c1-11-5-7-22(14(23)8-17-2)9-13(11)21(3)16-12-4-6-18-15(12)19-10-20-16/h4,6,10-11,13H,5,7-9H2,1,3H3,(H,18,19,20)/t11-,13+/m1/s1/i1D3,3D3,5D2,7D2,9D2,10D,11D,13D. The van der Waals surface area contributed by atoms with Gasteiger partial charge in [0.15, 0.2) is 0 Å². The molecule has 2 aromatic rings. The molecule has 3 heterocycles. The Hall–Kier alpha value is -2.62. The number of likely N-dealkylation sites (tertiary alicyclic amines) is 1. The van der Waals surface area contributed by atoms with E-state index in [0.29, 0.717) is 0 Å². The number of piperidine rings is 1. The van der Waals surface area contributed by atoms with E-state index in [-0.39, 0.29) is 15.9 Å². The molecule has 2 atom stereocenters. The van der Waals surface area contributed by atoms with Crippen LogP contribution in [0.2, 0.25) is 0 Å². The van der Waals surface area contributed by atoms with Gasteiger partial charge >= 0.3 is 5.91 Å². The largest absolute Gasteiger partial charge is 0.354 e. The highest BCUT2D eigenvalue weighted by Gasteiger charge is 2.33. The van der Waals surface area contributed by atoms with Gasteiger partial charge in [0, 0.05) is 41.2 Å². The first kappa shape index (κ1) is 5.48. The van der Waals surface area contributed by atoms with Crippen LogP contribution in [-0.4, -0.2) is 58.3 Å². The summed E-state index contributed by atoms with van der Waals surface area (Å²) in [5.74, 6) is -7.00. The van der Waals surface area contributed by atoms with Crippen LogP contribution in [0.1, 0.15) is 33.8 Å². The van der Waals surface area contributed by atoms with Gasteiger partial charge in [0.2, 0.25) is 0 Å². The highest BCUT2D eigenvalue weighted by Crippen LogP contribution is 2.28. The molecule has 1 fully saturated rings. The maximum Gasteiger partial charge on any atom is 0.302 e. The zero-order valence-electron chi connectivity index (χ0n) is 26.5. The van der Waals surface area contributed by atoms with Gasteiger partial charge in [-0.3, -0.25) is 4.79 Å². The Kier molecular flexibility index (Phi) is 1.49. The Morgan fingerprint density at radius 1 is 1.78 bits per heavy atom. The van der Waals surface area contributed by atoms with E-state index in [1.165, 1.54) is 6.20 Å². The van der Waals surface area contributed by atoms with Gasteiger partial charge in [0.25, 0.3) is 6.54 Å². The minimum absolute atomic E-state index is 0.210. The lowest BCUT2D eigenvalue weighted by Crippen LogP contribution is -2.53. The molecule has 0 radical (unpaired) electrons. The fourth-order valence-electron chi connectivity index (χ4n) is 1.88. The molecule has 7 nitrogen and oxygen atoms in total. The first-order chi connectivity index (χ1) is 17.0. The van der Waals surface area contributed by atoms with Gasteiger partial charge in [-0.25, -0.2) is 16.5 Å². The number of nitrogens with one attached hydrogen (secondary N) is 1. The molecule has 23 heavy (non-hydrogen) atoms. The molecule has 1 saturated heterocycles. The molecule has 1 aliphatic heterocycles. The molecular formula is C16H20N6O. The summed E-state index contributed by atoms with van der Waals surface area (Å²) in [6.07, 6.45) is -3.85. The Labute approximate surface area is 156 Å². The van der Waals surface area contributed by atoms with Crippen molar-refractivity contribution in [3.63, 3.8) is 0 Å². The van der Waals surface area contributed by atoms with Gasteiger partial charge < -0.3 is 19.6 Å². The minimum atomic E-state index is -4.29. The molecule has 2 aromatic heterocycles. The molecule has 0 aromatic carbocycles. The quantitative estimate of drug-likeness (QED) is 0.869. The summed E-state index contributed by atoms with van der Waals surface area (Å²) >= 11 is 0. The fourth-order valence-corrected chi connectivity index (χ4v) is 1.88. The van der Waals surface area contributed by atoms with Crippen LogP contribution in [0.25, 0.3) is 15.9 Å².